The van der Waals surface area contributed by atoms with E-state index in [4.69, 9.17) is 5.73 Å². The van der Waals surface area contributed by atoms with Crippen LogP contribution in [0.5, 0.6) is 0 Å². The van der Waals surface area contributed by atoms with Crippen molar-refractivity contribution in [2.75, 3.05) is 13.1 Å². The van der Waals surface area contributed by atoms with Crippen LogP contribution in [0.4, 0.5) is 0 Å². The largest absolute Gasteiger partial charge is 0.338 e. The molecule has 100 valence electrons. The van der Waals surface area contributed by atoms with Gasteiger partial charge in [0.15, 0.2) is 0 Å². The van der Waals surface area contributed by atoms with Crippen LogP contribution in [0.3, 0.4) is 0 Å². The van der Waals surface area contributed by atoms with Crippen LogP contribution in [0.15, 0.2) is 0 Å². The van der Waals surface area contributed by atoms with Gasteiger partial charge >= 0.3 is 0 Å². The highest BCUT2D eigenvalue weighted by molar-refractivity contribution is 5.76. The minimum Gasteiger partial charge on any atom is -0.338 e. The second-order valence-electron chi connectivity index (χ2n) is 5.14. The first-order valence-corrected chi connectivity index (χ1v) is 7.29. The highest BCUT2D eigenvalue weighted by Crippen LogP contribution is 2.18. The summed E-state index contributed by atoms with van der Waals surface area (Å²) in [6, 6.07) is 0.322. The molecule has 0 aromatic carbocycles. The third-order valence-corrected chi connectivity index (χ3v) is 3.71. The lowest BCUT2D eigenvalue weighted by Gasteiger charge is -2.23. The number of hydrogen-bond acceptors (Lipinski definition) is 2. The van der Waals surface area contributed by atoms with Crippen LogP contribution in [0, 0.1) is 0 Å². The Balaban J connectivity index is 2.08. The van der Waals surface area contributed by atoms with Gasteiger partial charge in [-0.2, -0.15) is 0 Å². The lowest BCUT2D eigenvalue weighted by atomic mass is 10.1. The fraction of sp³-hybridized carbons (Fsp3) is 0.929. The zero-order chi connectivity index (χ0) is 12.5. The van der Waals surface area contributed by atoms with Gasteiger partial charge in [-0.1, -0.05) is 39.0 Å². The van der Waals surface area contributed by atoms with Gasteiger partial charge in [0.05, 0.1) is 0 Å². The van der Waals surface area contributed by atoms with E-state index in [-0.39, 0.29) is 0 Å². The van der Waals surface area contributed by atoms with Crippen LogP contribution in [0.2, 0.25) is 0 Å². The van der Waals surface area contributed by atoms with Crippen molar-refractivity contribution in [3.05, 3.63) is 0 Å². The van der Waals surface area contributed by atoms with E-state index in [1.54, 1.807) is 0 Å². The van der Waals surface area contributed by atoms with Gasteiger partial charge in [0.2, 0.25) is 5.91 Å². The highest BCUT2D eigenvalue weighted by atomic mass is 16.2. The molecule has 1 atom stereocenters. The van der Waals surface area contributed by atoms with Crippen LogP contribution >= 0.6 is 0 Å². The number of likely N-dealkylation sites (tertiary alicyclic amines) is 1. The predicted molar refractivity (Wildman–Crippen MR) is 71.8 cm³/mol. The standard InChI is InChI=1S/C14H28N2O/c1-2-3-4-5-6-7-10-14(17)16-11-8-9-13(16)12-15/h13H,2-12,15H2,1H3. The summed E-state index contributed by atoms with van der Waals surface area (Å²) in [6.07, 6.45) is 10.4. The SMILES string of the molecule is CCCCCCCCC(=O)N1CCCC1CN. The number of amides is 1. The molecule has 17 heavy (non-hydrogen) atoms. The number of nitrogens with zero attached hydrogens (tertiary/aromatic N) is 1. The summed E-state index contributed by atoms with van der Waals surface area (Å²) < 4.78 is 0. The molecule has 0 aromatic rings. The molecule has 0 bridgehead atoms. The summed E-state index contributed by atoms with van der Waals surface area (Å²) >= 11 is 0. The van der Waals surface area contributed by atoms with E-state index in [1.807, 2.05) is 4.90 Å². The number of carbonyl (C=O) groups excluding carboxylic acids is 1. The zero-order valence-electron chi connectivity index (χ0n) is 11.3. The average Bonchev–Trinajstić information content (AvgIpc) is 2.81. The monoisotopic (exact) mass is 240 g/mol. The van der Waals surface area contributed by atoms with E-state index in [0.29, 0.717) is 18.5 Å². The number of unbranched alkanes of at least 4 members (excludes halogenated alkanes) is 5. The van der Waals surface area contributed by atoms with Gasteiger partial charge < -0.3 is 10.6 Å². The highest BCUT2D eigenvalue weighted by Gasteiger charge is 2.26. The Labute approximate surface area is 106 Å². The quantitative estimate of drug-likeness (QED) is 0.663. The fourth-order valence-electron chi connectivity index (χ4n) is 2.61. The predicted octanol–water partition coefficient (Wildman–Crippen LogP) is 2.69. The minimum absolute atomic E-state index is 0.322. The molecule has 0 radical (unpaired) electrons. The van der Waals surface area contributed by atoms with Crippen LogP contribution in [0.1, 0.15) is 64.7 Å². The van der Waals surface area contributed by atoms with Crippen molar-refractivity contribution in [3.63, 3.8) is 0 Å². The van der Waals surface area contributed by atoms with E-state index in [1.165, 1.54) is 32.1 Å². The third-order valence-electron chi connectivity index (χ3n) is 3.71. The van der Waals surface area contributed by atoms with Gasteiger partial charge in [0.1, 0.15) is 0 Å². The van der Waals surface area contributed by atoms with Crippen molar-refractivity contribution in [3.8, 4) is 0 Å². The summed E-state index contributed by atoms with van der Waals surface area (Å²) in [5.41, 5.74) is 5.68. The molecule has 0 spiro atoms. The molecule has 0 saturated carbocycles. The molecule has 1 aliphatic rings. The number of nitrogens with two attached hydrogens (primary N) is 1. The molecule has 3 heteroatoms. The normalized spacial score (nSPS) is 19.9. The van der Waals surface area contributed by atoms with Crippen molar-refractivity contribution in [2.24, 2.45) is 5.73 Å². The molecule has 0 aromatic heterocycles. The molecule has 1 amide bonds. The Morgan fingerprint density at radius 2 is 1.94 bits per heavy atom. The molecule has 0 aliphatic carbocycles. The first-order chi connectivity index (χ1) is 8.29. The second-order valence-corrected chi connectivity index (χ2v) is 5.14. The average molecular weight is 240 g/mol. The molecule has 1 fully saturated rings. The molecule has 1 heterocycles. The molecule has 3 nitrogen and oxygen atoms in total. The van der Waals surface area contributed by atoms with E-state index in [2.05, 4.69) is 6.92 Å². The van der Waals surface area contributed by atoms with Gasteiger partial charge in [-0.15, -0.1) is 0 Å². The second kappa shape index (κ2) is 8.51. The first-order valence-electron chi connectivity index (χ1n) is 7.29. The van der Waals surface area contributed by atoms with Crippen molar-refractivity contribution in [1.29, 1.82) is 0 Å². The summed E-state index contributed by atoms with van der Waals surface area (Å²) in [5.74, 6) is 0.327. The fourth-order valence-corrected chi connectivity index (χ4v) is 2.61. The van der Waals surface area contributed by atoms with Crippen molar-refractivity contribution < 1.29 is 4.79 Å². The van der Waals surface area contributed by atoms with Crippen LogP contribution in [0.25, 0.3) is 0 Å². The maximum atomic E-state index is 12.0. The maximum absolute atomic E-state index is 12.0. The van der Waals surface area contributed by atoms with Gasteiger partial charge in [-0.25, -0.2) is 0 Å². The Bertz CT molecular complexity index is 218. The molecule has 1 aliphatic heterocycles. The Hall–Kier alpha value is -0.570. The third kappa shape index (κ3) is 5.07. The molecular formula is C14H28N2O. The molecular weight excluding hydrogens is 212 g/mol. The molecule has 1 saturated heterocycles. The van der Waals surface area contributed by atoms with E-state index in [9.17, 15) is 4.79 Å². The number of hydrogen-bond donors (Lipinski definition) is 1. The molecule has 2 N–H and O–H groups in total. The number of carbonyl (C=O) groups is 1. The van der Waals surface area contributed by atoms with Crippen molar-refractivity contribution in [1.82, 2.24) is 4.90 Å². The maximum Gasteiger partial charge on any atom is 0.222 e. The van der Waals surface area contributed by atoms with E-state index >= 15 is 0 Å². The van der Waals surface area contributed by atoms with Crippen LogP contribution < -0.4 is 5.73 Å². The lowest BCUT2D eigenvalue weighted by molar-refractivity contribution is -0.131. The lowest BCUT2D eigenvalue weighted by Crippen LogP contribution is -2.39. The zero-order valence-corrected chi connectivity index (χ0v) is 11.3. The topological polar surface area (TPSA) is 46.3 Å². The Morgan fingerprint density at radius 3 is 2.65 bits per heavy atom. The Kier molecular flexibility index (Phi) is 7.25. The van der Waals surface area contributed by atoms with Gasteiger partial charge in [-0.3, -0.25) is 4.79 Å². The van der Waals surface area contributed by atoms with Gasteiger partial charge in [-0.05, 0) is 19.3 Å². The molecule has 1 unspecified atom stereocenters. The summed E-state index contributed by atoms with van der Waals surface area (Å²) in [6.45, 7) is 3.78. The number of rotatable bonds is 8. The van der Waals surface area contributed by atoms with Crippen molar-refractivity contribution >= 4 is 5.91 Å². The summed E-state index contributed by atoms with van der Waals surface area (Å²) in [5, 5.41) is 0. The van der Waals surface area contributed by atoms with E-state index < -0.39 is 0 Å². The smallest absolute Gasteiger partial charge is 0.222 e. The summed E-state index contributed by atoms with van der Waals surface area (Å²) in [7, 11) is 0. The minimum atomic E-state index is 0.322. The molecule has 1 rings (SSSR count). The summed E-state index contributed by atoms with van der Waals surface area (Å²) in [4.78, 5) is 14.0. The van der Waals surface area contributed by atoms with Crippen LogP contribution in [-0.4, -0.2) is 29.9 Å². The van der Waals surface area contributed by atoms with Gasteiger partial charge in [0.25, 0.3) is 0 Å². The van der Waals surface area contributed by atoms with Gasteiger partial charge in [0, 0.05) is 25.6 Å². The first kappa shape index (κ1) is 14.5. The van der Waals surface area contributed by atoms with Crippen LogP contribution in [-0.2, 0) is 4.79 Å². The van der Waals surface area contributed by atoms with Crippen molar-refractivity contribution in [2.45, 2.75) is 70.8 Å². The van der Waals surface area contributed by atoms with E-state index in [0.717, 1.165) is 32.2 Å². The Morgan fingerprint density at radius 1 is 1.24 bits per heavy atom.